The predicted octanol–water partition coefficient (Wildman–Crippen LogP) is 2.51. The topological polar surface area (TPSA) is 116 Å². The maximum atomic E-state index is 13.3. The van der Waals surface area contributed by atoms with Gasteiger partial charge in [-0.3, -0.25) is 15.0 Å². The molecule has 3 aromatic rings. The molecule has 2 N–H and O–H groups in total. The Balaban J connectivity index is 1.45. The molecule has 1 atom stereocenters. The summed E-state index contributed by atoms with van der Waals surface area (Å²) in [5.74, 6) is 1.20. The predicted molar refractivity (Wildman–Crippen MR) is 114 cm³/mol. The van der Waals surface area contributed by atoms with Crippen molar-refractivity contribution in [3.05, 3.63) is 48.7 Å². The maximum absolute atomic E-state index is 13.3. The van der Waals surface area contributed by atoms with Crippen molar-refractivity contribution in [2.24, 2.45) is 0 Å². The number of nitrogens with zero attached hydrogens (tertiary/aromatic N) is 5. The van der Waals surface area contributed by atoms with Crippen molar-refractivity contribution in [3.8, 4) is 11.3 Å². The quantitative estimate of drug-likeness (QED) is 0.667. The van der Waals surface area contributed by atoms with E-state index >= 15 is 0 Å². The third kappa shape index (κ3) is 3.45. The van der Waals surface area contributed by atoms with Crippen LogP contribution in [0.4, 0.5) is 22.1 Å². The summed E-state index contributed by atoms with van der Waals surface area (Å²) in [6.45, 7) is 3.92. The second-order valence-electron chi connectivity index (χ2n) is 7.38. The molecule has 31 heavy (non-hydrogen) atoms. The minimum absolute atomic E-state index is 0.0260. The van der Waals surface area contributed by atoms with Crippen LogP contribution in [0.15, 0.2) is 47.5 Å². The van der Waals surface area contributed by atoms with Gasteiger partial charge in [0, 0.05) is 31.4 Å². The highest BCUT2D eigenvalue weighted by atomic mass is 16.3. The van der Waals surface area contributed by atoms with E-state index in [-0.39, 0.29) is 23.7 Å². The van der Waals surface area contributed by atoms with Crippen LogP contribution < -0.4 is 20.4 Å². The van der Waals surface area contributed by atoms with Gasteiger partial charge in [-0.25, -0.2) is 19.7 Å². The lowest BCUT2D eigenvalue weighted by atomic mass is 10.1. The summed E-state index contributed by atoms with van der Waals surface area (Å²) in [5.41, 5.74) is 1.89. The van der Waals surface area contributed by atoms with Crippen LogP contribution in [0.5, 0.6) is 0 Å². The molecule has 0 spiro atoms. The van der Waals surface area contributed by atoms with Crippen molar-refractivity contribution in [2.45, 2.75) is 19.4 Å². The highest BCUT2D eigenvalue weighted by Crippen LogP contribution is 2.39. The molecule has 5 rings (SSSR count). The number of amides is 3. The van der Waals surface area contributed by atoms with Crippen molar-refractivity contribution < 1.29 is 14.0 Å². The minimum Gasteiger partial charge on any atom is -0.444 e. The van der Waals surface area contributed by atoms with Crippen LogP contribution in [0.3, 0.4) is 0 Å². The van der Waals surface area contributed by atoms with Crippen molar-refractivity contribution in [1.82, 2.24) is 20.3 Å². The van der Waals surface area contributed by atoms with Gasteiger partial charge < -0.3 is 14.6 Å². The number of fused-ring (bicyclic) bond motifs is 4. The minimum atomic E-state index is -0.337. The number of hydrogen-bond donors (Lipinski definition) is 2. The fraction of sp³-hybridized carbons (Fsp3) is 0.286. The first-order valence-corrected chi connectivity index (χ1v) is 10.1. The van der Waals surface area contributed by atoms with Crippen molar-refractivity contribution in [3.63, 3.8) is 0 Å². The lowest BCUT2D eigenvalue weighted by molar-refractivity contribution is 0.0951. The SMILES string of the molecule is CCNC(=O)c1ccc2c(n1)N(C(=O)Nc1cc(-c3cnco3)ccn1)C1CCN2C1. The fourth-order valence-corrected chi connectivity index (χ4v) is 4.03. The van der Waals surface area contributed by atoms with Crippen molar-refractivity contribution in [2.75, 3.05) is 34.8 Å². The summed E-state index contributed by atoms with van der Waals surface area (Å²) in [6.07, 6.45) is 5.37. The molecule has 0 saturated carbocycles. The molecule has 0 aliphatic carbocycles. The summed E-state index contributed by atoms with van der Waals surface area (Å²) in [4.78, 5) is 42.2. The molecule has 2 aliphatic heterocycles. The van der Waals surface area contributed by atoms with Crippen LogP contribution in [-0.4, -0.2) is 52.6 Å². The molecule has 10 heteroatoms. The van der Waals surface area contributed by atoms with Gasteiger partial charge in [-0.1, -0.05) is 0 Å². The van der Waals surface area contributed by atoms with Crippen LogP contribution in [0.2, 0.25) is 0 Å². The Hall–Kier alpha value is -3.95. The van der Waals surface area contributed by atoms with E-state index in [1.54, 1.807) is 35.5 Å². The molecule has 0 aromatic carbocycles. The van der Waals surface area contributed by atoms with Gasteiger partial charge in [-0.2, -0.15) is 0 Å². The number of carbonyl (C=O) groups excluding carboxylic acids is 2. The summed E-state index contributed by atoms with van der Waals surface area (Å²) >= 11 is 0. The number of aromatic nitrogens is 3. The van der Waals surface area contributed by atoms with Crippen LogP contribution >= 0.6 is 0 Å². The third-order valence-corrected chi connectivity index (χ3v) is 5.45. The summed E-state index contributed by atoms with van der Waals surface area (Å²) in [7, 11) is 0. The number of pyridine rings is 2. The zero-order chi connectivity index (χ0) is 21.4. The van der Waals surface area contributed by atoms with Gasteiger partial charge >= 0.3 is 6.03 Å². The van der Waals surface area contributed by atoms with Gasteiger partial charge in [-0.05, 0) is 37.6 Å². The molecule has 3 amide bonds. The average molecular weight is 419 g/mol. The number of carbonyl (C=O) groups is 2. The van der Waals surface area contributed by atoms with E-state index in [1.165, 1.54) is 6.39 Å². The first-order chi connectivity index (χ1) is 15.1. The molecule has 10 nitrogen and oxygen atoms in total. The van der Waals surface area contributed by atoms with Crippen LogP contribution in [-0.2, 0) is 0 Å². The van der Waals surface area contributed by atoms with Gasteiger partial charge in [-0.15, -0.1) is 0 Å². The Kier molecular flexibility index (Phi) is 4.73. The number of oxazole rings is 1. The van der Waals surface area contributed by atoms with Crippen molar-refractivity contribution >= 4 is 29.3 Å². The molecule has 158 valence electrons. The van der Waals surface area contributed by atoms with E-state index in [4.69, 9.17) is 4.42 Å². The molecule has 1 saturated heterocycles. The zero-order valence-electron chi connectivity index (χ0n) is 16.9. The standard InChI is InChI=1S/C21H21N7O3/c1-2-23-20(29)15-3-4-16-19(25-15)28(14-6-8-27(16)11-14)21(30)26-18-9-13(5-7-24-18)17-10-22-12-31-17/h3-5,7,9-10,12,14H,2,6,8,11H2,1H3,(H,23,29)(H,24,26,30). The van der Waals surface area contributed by atoms with Gasteiger partial charge in [0.1, 0.15) is 11.5 Å². The van der Waals surface area contributed by atoms with E-state index < -0.39 is 0 Å². The highest BCUT2D eigenvalue weighted by molar-refractivity contribution is 6.05. The number of nitrogens with one attached hydrogen (secondary N) is 2. The second kappa shape index (κ2) is 7.71. The second-order valence-corrected chi connectivity index (χ2v) is 7.38. The molecule has 3 aromatic heterocycles. The molecular formula is C21H21N7O3. The average Bonchev–Trinajstić information content (AvgIpc) is 3.45. The normalized spacial score (nSPS) is 16.7. The lowest BCUT2D eigenvalue weighted by Gasteiger charge is -2.35. The van der Waals surface area contributed by atoms with E-state index in [1.807, 2.05) is 13.0 Å². The number of urea groups is 1. The largest absolute Gasteiger partial charge is 0.444 e. The Morgan fingerprint density at radius 1 is 1.29 bits per heavy atom. The summed E-state index contributed by atoms with van der Waals surface area (Å²) in [6, 6.07) is 6.69. The van der Waals surface area contributed by atoms with Gasteiger partial charge in [0.05, 0.1) is 17.9 Å². The monoisotopic (exact) mass is 419 g/mol. The van der Waals surface area contributed by atoms with Crippen LogP contribution in [0, 0.1) is 0 Å². The molecule has 1 fully saturated rings. The van der Waals surface area contributed by atoms with Crippen LogP contribution in [0.1, 0.15) is 23.8 Å². The van der Waals surface area contributed by atoms with Crippen LogP contribution in [0.25, 0.3) is 11.3 Å². The van der Waals surface area contributed by atoms with Gasteiger partial charge in [0.2, 0.25) is 0 Å². The van der Waals surface area contributed by atoms with E-state index in [0.29, 0.717) is 23.9 Å². The number of rotatable bonds is 4. The Morgan fingerprint density at radius 2 is 2.19 bits per heavy atom. The van der Waals surface area contributed by atoms with E-state index in [2.05, 4.69) is 30.5 Å². The first kappa shape index (κ1) is 19.0. The number of hydrogen-bond acceptors (Lipinski definition) is 7. The maximum Gasteiger partial charge on any atom is 0.329 e. The van der Waals surface area contributed by atoms with Gasteiger partial charge in [0.25, 0.3) is 5.91 Å². The molecule has 0 radical (unpaired) electrons. The third-order valence-electron chi connectivity index (χ3n) is 5.45. The Labute approximate surface area is 178 Å². The molecule has 1 unspecified atom stereocenters. The zero-order valence-corrected chi connectivity index (χ0v) is 16.9. The first-order valence-electron chi connectivity index (χ1n) is 10.1. The Morgan fingerprint density at radius 3 is 3.00 bits per heavy atom. The van der Waals surface area contributed by atoms with E-state index in [0.717, 1.165) is 30.8 Å². The molecular weight excluding hydrogens is 398 g/mol. The van der Waals surface area contributed by atoms with Gasteiger partial charge in [0.15, 0.2) is 18.0 Å². The molecule has 2 bridgehead atoms. The summed E-state index contributed by atoms with van der Waals surface area (Å²) in [5, 5.41) is 5.62. The summed E-state index contributed by atoms with van der Waals surface area (Å²) < 4.78 is 5.32. The lowest BCUT2D eigenvalue weighted by Crippen LogP contribution is -2.48. The molecule has 5 heterocycles. The molecule has 2 aliphatic rings. The van der Waals surface area contributed by atoms with E-state index in [9.17, 15) is 9.59 Å². The highest BCUT2D eigenvalue weighted by Gasteiger charge is 2.40. The smallest absolute Gasteiger partial charge is 0.329 e. The Bertz CT molecular complexity index is 1130. The fourth-order valence-electron chi connectivity index (χ4n) is 4.03. The number of anilines is 3. The van der Waals surface area contributed by atoms with Crippen molar-refractivity contribution in [1.29, 1.82) is 0 Å².